The van der Waals surface area contributed by atoms with Gasteiger partial charge in [0.2, 0.25) is 21.8 Å². The maximum atomic E-state index is 12.6. The molecule has 0 aliphatic carbocycles. The predicted molar refractivity (Wildman–Crippen MR) is 120 cm³/mol. The van der Waals surface area contributed by atoms with Gasteiger partial charge in [-0.25, -0.2) is 8.42 Å². The first kappa shape index (κ1) is 22.9. The van der Waals surface area contributed by atoms with E-state index in [4.69, 9.17) is 4.42 Å². The zero-order valence-electron chi connectivity index (χ0n) is 17.2. The second-order valence-corrected chi connectivity index (χ2v) is 10.0. The molecule has 13 heteroatoms. The van der Waals surface area contributed by atoms with Gasteiger partial charge in [-0.3, -0.25) is 14.9 Å². The Bertz CT molecular complexity index is 1250. The standard InChI is InChI=1S/C20H19N5O6S2/c26-18(21-15-5-7-16(8-6-15)25(27)28)13-32-20-23-22-19(31-20)14-3-9-17(10-4-14)33(29,30)24-11-1-2-12-24/h3-10H,1-2,11-13H2,(H,21,26). The number of nitrogens with zero attached hydrogens (tertiary/aromatic N) is 4. The van der Waals surface area contributed by atoms with E-state index in [1.807, 2.05) is 0 Å². The summed E-state index contributed by atoms with van der Waals surface area (Å²) in [4.78, 5) is 22.5. The van der Waals surface area contributed by atoms with Crippen molar-refractivity contribution in [1.29, 1.82) is 0 Å². The van der Waals surface area contributed by atoms with Crippen LogP contribution in [-0.4, -0.2) is 52.6 Å². The number of carbonyl (C=O) groups excluding carboxylic acids is 1. The van der Waals surface area contributed by atoms with Crippen LogP contribution in [0, 0.1) is 10.1 Å². The van der Waals surface area contributed by atoms with Gasteiger partial charge in [0.15, 0.2) is 0 Å². The number of carbonyl (C=O) groups is 1. The summed E-state index contributed by atoms with van der Waals surface area (Å²) in [5.41, 5.74) is 0.925. The van der Waals surface area contributed by atoms with Gasteiger partial charge in [0.05, 0.1) is 15.6 Å². The Kier molecular flexibility index (Phi) is 6.72. The number of anilines is 1. The van der Waals surface area contributed by atoms with Crippen LogP contribution >= 0.6 is 11.8 Å². The molecule has 1 N–H and O–H groups in total. The highest BCUT2D eigenvalue weighted by atomic mass is 32.2. The molecule has 2 heterocycles. The molecule has 0 radical (unpaired) electrons. The minimum atomic E-state index is -3.50. The number of nitro benzene ring substituents is 1. The van der Waals surface area contributed by atoms with Gasteiger partial charge in [-0.1, -0.05) is 11.8 Å². The van der Waals surface area contributed by atoms with Crippen LogP contribution in [0.3, 0.4) is 0 Å². The number of benzene rings is 2. The summed E-state index contributed by atoms with van der Waals surface area (Å²) in [6, 6.07) is 11.7. The van der Waals surface area contributed by atoms with Crippen LogP contribution in [0.15, 0.2) is 63.1 Å². The van der Waals surface area contributed by atoms with Crippen molar-refractivity contribution in [2.45, 2.75) is 23.0 Å². The third kappa shape index (κ3) is 5.38. The molecule has 0 unspecified atom stereocenters. The Morgan fingerprint density at radius 1 is 1.09 bits per heavy atom. The van der Waals surface area contributed by atoms with Crippen LogP contribution in [0.25, 0.3) is 11.5 Å². The maximum absolute atomic E-state index is 12.6. The summed E-state index contributed by atoms with van der Waals surface area (Å²) >= 11 is 1.03. The van der Waals surface area contributed by atoms with Gasteiger partial charge in [-0.2, -0.15) is 4.31 Å². The molecule has 1 aromatic heterocycles. The third-order valence-corrected chi connectivity index (χ3v) is 7.63. The van der Waals surface area contributed by atoms with Gasteiger partial charge in [0.25, 0.3) is 10.9 Å². The molecular formula is C20H19N5O6S2. The largest absolute Gasteiger partial charge is 0.411 e. The monoisotopic (exact) mass is 489 g/mol. The zero-order valence-corrected chi connectivity index (χ0v) is 18.8. The molecule has 4 rings (SSSR count). The molecule has 3 aromatic rings. The van der Waals surface area contributed by atoms with Crippen LogP contribution in [0.5, 0.6) is 0 Å². The van der Waals surface area contributed by atoms with E-state index in [2.05, 4.69) is 15.5 Å². The fourth-order valence-corrected chi connectivity index (χ4v) is 5.30. The molecule has 1 aliphatic heterocycles. The number of hydrogen-bond donors (Lipinski definition) is 1. The van der Waals surface area contributed by atoms with Crippen LogP contribution in [0.4, 0.5) is 11.4 Å². The predicted octanol–water partition coefficient (Wildman–Crippen LogP) is 3.16. The quantitative estimate of drug-likeness (QED) is 0.286. The minimum absolute atomic E-state index is 0.00830. The van der Waals surface area contributed by atoms with Gasteiger partial charge in [-0.15, -0.1) is 10.2 Å². The van der Waals surface area contributed by atoms with Gasteiger partial charge < -0.3 is 9.73 Å². The summed E-state index contributed by atoms with van der Waals surface area (Å²) in [7, 11) is -3.50. The summed E-state index contributed by atoms with van der Waals surface area (Å²) < 4.78 is 32.3. The molecule has 0 spiro atoms. The van der Waals surface area contributed by atoms with Gasteiger partial charge in [0.1, 0.15) is 0 Å². The Balaban J connectivity index is 1.34. The number of aromatic nitrogens is 2. The van der Waals surface area contributed by atoms with Crippen molar-refractivity contribution in [3.63, 3.8) is 0 Å². The first-order valence-electron chi connectivity index (χ1n) is 9.94. The number of sulfonamides is 1. The van der Waals surface area contributed by atoms with Crippen LogP contribution in [-0.2, 0) is 14.8 Å². The van der Waals surface area contributed by atoms with Crippen molar-refractivity contribution in [2.75, 3.05) is 24.2 Å². The Morgan fingerprint density at radius 3 is 2.39 bits per heavy atom. The van der Waals surface area contributed by atoms with E-state index in [9.17, 15) is 23.3 Å². The average Bonchev–Trinajstić information content (AvgIpc) is 3.51. The Labute approximate surface area is 193 Å². The van der Waals surface area contributed by atoms with Crippen LogP contribution in [0.2, 0.25) is 0 Å². The molecular weight excluding hydrogens is 470 g/mol. The van der Waals surface area contributed by atoms with E-state index < -0.39 is 14.9 Å². The van der Waals surface area contributed by atoms with E-state index in [1.54, 1.807) is 12.1 Å². The SMILES string of the molecule is O=C(CSc1nnc(-c2ccc(S(=O)(=O)N3CCCC3)cc2)o1)Nc1ccc([N+](=O)[O-])cc1. The lowest BCUT2D eigenvalue weighted by Crippen LogP contribution is -2.27. The van der Waals surface area contributed by atoms with E-state index in [0.717, 1.165) is 24.6 Å². The molecule has 11 nitrogen and oxygen atoms in total. The van der Waals surface area contributed by atoms with E-state index in [-0.39, 0.29) is 33.4 Å². The number of amides is 1. The van der Waals surface area contributed by atoms with Gasteiger partial charge in [-0.05, 0) is 49.2 Å². The van der Waals surface area contributed by atoms with Crippen LogP contribution in [0.1, 0.15) is 12.8 Å². The molecule has 1 amide bonds. The van der Waals surface area contributed by atoms with Gasteiger partial charge >= 0.3 is 0 Å². The van der Waals surface area contributed by atoms with E-state index in [1.165, 1.54) is 40.7 Å². The number of nitro groups is 1. The van der Waals surface area contributed by atoms with Crippen molar-refractivity contribution in [3.8, 4) is 11.5 Å². The second-order valence-electron chi connectivity index (χ2n) is 7.15. The lowest BCUT2D eigenvalue weighted by Gasteiger charge is -2.15. The highest BCUT2D eigenvalue weighted by Gasteiger charge is 2.27. The maximum Gasteiger partial charge on any atom is 0.277 e. The normalized spacial score (nSPS) is 14.3. The minimum Gasteiger partial charge on any atom is -0.411 e. The molecule has 1 fully saturated rings. The zero-order chi connectivity index (χ0) is 23.4. The number of rotatable bonds is 8. The third-order valence-electron chi connectivity index (χ3n) is 4.90. The molecule has 0 atom stereocenters. The average molecular weight is 490 g/mol. The fourth-order valence-electron chi connectivity index (χ4n) is 3.22. The van der Waals surface area contributed by atoms with Crippen molar-refractivity contribution in [3.05, 3.63) is 58.6 Å². The van der Waals surface area contributed by atoms with Crippen molar-refractivity contribution < 1.29 is 22.6 Å². The second kappa shape index (κ2) is 9.68. The molecule has 0 bridgehead atoms. The number of thioether (sulfide) groups is 1. The Hall–Kier alpha value is -3.29. The van der Waals surface area contributed by atoms with Crippen molar-refractivity contribution in [2.24, 2.45) is 0 Å². The number of non-ortho nitro benzene ring substituents is 1. The highest BCUT2D eigenvalue weighted by molar-refractivity contribution is 7.99. The molecule has 2 aromatic carbocycles. The highest BCUT2D eigenvalue weighted by Crippen LogP contribution is 2.26. The van der Waals surface area contributed by atoms with E-state index >= 15 is 0 Å². The van der Waals surface area contributed by atoms with Crippen LogP contribution < -0.4 is 5.32 Å². The lowest BCUT2D eigenvalue weighted by atomic mass is 10.2. The number of hydrogen-bond acceptors (Lipinski definition) is 9. The van der Waals surface area contributed by atoms with Gasteiger partial charge in [0, 0.05) is 36.5 Å². The molecule has 1 saturated heterocycles. The Morgan fingerprint density at radius 2 is 1.76 bits per heavy atom. The summed E-state index contributed by atoms with van der Waals surface area (Å²) in [5, 5.41) is 21.3. The lowest BCUT2D eigenvalue weighted by molar-refractivity contribution is -0.384. The molecule has 172 valence electrons. The first-order chi connectivity index (χ1) is 15.8. The summed E-state index contributed by atoms with van der Waals surface area (Å²) in [6.45, 7) is 1.07. The molecule has 33 heavy (non-hydrogen) atoms. The van der Waals surface area contributed by atoms with Crippen molar-refractivity contribution >= 4 is 39.1 Å². The topological polar surface area (TPSA) is 149 Å². The summed E-state index contributed by atoms with van der Waals surface area (Å²) in [5.74, 6) is -0.144. The summed E-state index contributed by atoms with van der Waals surface area (Å²) in [6.07, 6.45) is 1.73. The first-order valence-corrected chi connectivity index (χ1v) is 12.4. The van der Waals surface area contributed by atoms with E-state index in [0.29, 0.717) is 24.3 Å². The molecule has 1 aliphatic rings. The van der Waals surface area contributed by atoms with Crippen molar-refractivity contribution in [1.82, 2.24) is 14.5 Å². The molecule has 0 saturated carbocycles. The number of nitrogens with one attached hydrogen (secondary N) is 1. The smallest absolute Gasteiger partial charge is 0.277 e. The fraction of sp³-hybridized carbons (Fsp3) is 0.250.